The molecule has 2 rings (SSSR count). The maximum atomic E-state index is 12.8. The Bertz CT molecular complexity index is 1030. The molecule has 2 aromatic carbocycles. The van der Waals surface area contributed by atoms with Crippen LogP contribution in [0.2, 0.25) is 10.0 Å². The van der Waals surface area contributed by atoms with Crippen molar-refractivity contribution >= 4 is 39.2 Å². The summed E-state index contributed by atoms with van der Waals surface area (Å²) in [4.78, 5) is 14.0. The monoisotopic (exact) mass is 489 g/mol. The van der Waals surface area contributed by atoms with Crippen molar-refractivity contribution in [3.05, 3.63) is 52.0 Å². The fraction of sp³-hybridized carbons (Fsp3) is 0.381. The van der Waals surface area contributed by atoms with Crippen molar-refractivity contribution in [2.45, 2.75) is 37.8 Å². The number of hydrogen-bond donors (Lipinski definition) is 0. The van der Waals surface area contributed by atoms with Gasteiger partial charge < -0.3 is 18.6 Å². The number of amides is 1. The van der Waals surface area contributed by atoms with Crippen LogP contribution in [0.1, 0.15) is 25.8 Å². The molecule has 10 heteroatoms. The molecule has 0 heterocycles. The van der Waals surface area contributed by atoms with E-state index in [4.69, 9.17) is 36.9 Å². The first-order chi connectivity index (χ1) is 14.6. The molecule has 1 atom stereocenters. The van der Waals surface area contributed by atoms with Gasteiger partial charge in [0, 0.05) is 19.7 Å². The molecule has 0 saturated carbocycles. The summed E-state index contributed by atoms with van der Waals surface area (Å²) in [5.41, 5.74) is 0.671. The summed E-state index contributed by atoms with van der Waals surface area (Å²) >= 11 is 11.8. The van der Waals surface area contributed by atoms with Gasteiger partial charge in [0.15, 0.2) is 11.5 Å². The Morgan fingerprint density at radius 3 is 2.35 bits per heavy atom. The predicted octanol–water partition coefficient (Wildman–Crippen LogP) is 4.54. The summed E-state index contributed by atoms with van der Waals surface area (Å²) < 4.78 is 41.1. The van der Waals surface area contributed by atoms with Crippen molar-refractivity contribution in [3.8, 4) is 11.5 Å². The molecule has 7 nitrogen and oxygen atoms in total. The number of benzene rings is 2. The highest BCUT2D eigenvalue weighted by Crippen LogP contribution is 2.33. The van der Waals surface area contributed by atoms with E-state index in [2.05, 4.69) is 0 Å². The van der Waals surface area contributed by atoms with Gasteiger partial charge in [-0.25, -0.2) is 0 Å². The normalized spacial score (nSPS) is 12.3. The lowest BCUT2D eigenvalue weighted by Crippen LogP contribution is -2.39. The number of methoxy groups -OCH3 is 2. The van der Waals surface area contributed by atoms with Crippen LogP contribution >= 0.6 is 23.2 Å². The van der Waals surface area contributed by atoms with E-state index in [1.807, 2.05) is 13.8 Å². The number of nitrogens with zero attached hydrogens (tertiary/aromatic N) is 1. The third-order valence-corrected chi connectivity index (χ3v) is 6.64. The second kappa shape index (κ2) is 11.0. The van der Waals surface area contributed by atoms with Crippen LogP contribution in [-0.4, -0.2) is 46.1 Å². The third-order valence-electron chi connectivity index (χ3n) is 4.67. The zero-order valence-electron chi connectivity index (χ0n) is 17.7. The van der Waals surface area contributed by atoms with Gasteiger partial charge >= 0.3 is 10.1 Å². The Labute approximate surface area is 192 Å². The van der Waals surface area contributed by atoms with Gasteiger partial charge in [0.05, 0.1) is 17.2 Å². The Morgan fingerprint density at radius 1 is 1.06 bits per heavy atom. The van der Waals surface area contributed by atoms with E-state index in [1.54, 1.807) is 17.0 Å². The van der Waals surface area contributed by atoms with Crippen LogP contribution in [0.3, 0.4) is 0 Å². The largest absolute Gasteiger partial charge is 0.493 e. The molecule has 0 aliphatic heterocycles. The van der Waals surface area contributed by atoms with Gasteiger partial charge in [-0.3, -0.25) is 4.79 Å². The number of ether oxygens (including phenoxy) is 2. The molecule has 0 spiro atoms. The smallest absolute Gasteiger partial charge is 0.339 e. The lowest BCUT2D eigenvalue weighted by Gasteiger charge is -2.28. The first-order valence-electron chi connectivity index (χ1n) is 9.47. The Morgan fingerprint density at radius 2 is 1.77 bits per heavy atom. The lowest BCUT2D eigenvalue weighted by molar-refractivity contribution is -0.138. The zero-order chi connectivity index (χ0) is 23.2. The number of carbonyl (C=O) groups excluding carboxylic acids is 1. The molecule has 0 fully saturated rings. The van der Waals surface area contributed by atoms with Gasteiger partial charge in [-0.1, -0.05) is 36.2 Å². The van der Waals surface area contributed by atoms with E-state index in [-0.39, 0.29) is 51.5 Å². The highest BCUT2D eigenvalue weighted by Gasteiger charge is 2.23. The van der Waals surface area contributed by atoms with E-state index in [0.717, 1.165) is 6.42 Å². The van der Waals surface area contributed by atoms with Crippen LogP contribution in [0, 0.1) is 0 Å². The minimum Gasteiger partial charge on any atom is -0.493 e. The molecule has 0 bridgehead atoms. The zero-order valence-corrected chi connectivity index (χ0v) is 20.1. The van der Waals surface area contributed by atoms with Crippen LogP contribution < -0.4 is 8.92 Å². The van der Waals surface area contributed by atoms with Crippen LogP contribution in [0.25, 0.3) is 0 Å². The summed E-state index contributed by atoms with van der Waals surface area (Å²) in [6, 6.07) is 8.71. The van der Waals surface area contributed by atoms with Crippen LogP contribution in [0.4, 0.5) is 0 Å². The first kappa shape index (κ1) is 25.3. The maximum Gasteiger partial charge on any atom is 0.339 e. The maximum absolute atomic E-state index is 12.8. The van der Waals surface area contributed by atoms with Crippen LogP contribution in [-0.2, 0) is 26.2 Å². The third kappa shape index (κ3) is 6.49. The van der Waals surface area contributed by atoms with Gasteiger partial charge in [0.1, 0.15) is 11.5 Å². The standard InChI is InChI=1S/C21H25Cl2NO6S/c1-5-14(2)24(21(25)13-28-3)12-15-6-9-19(29-4)20(10-15)30-31(26,27)16-7-8-17(22)18(23)11-16/h6-11,14H,5,12-13H2,1-4H3. The van der Waals surface area contributed by atoms with Gasteiger partial charge in [-0.15, -0.1) is 0 Å². The van der Waals surface area contributed by atoms with Crippen molar-refractivity contribution < 1.29 is 26.9 Å². The van der Waals surface area contributed by atoms with E-state index >= 15 is 0 Å². The van der Waals surface area contributed by atoms with E-state index < -0.39 is 10.1 Å². The topological polar surface area (TPSA) is 82.1 Å². The summed E-state index contributed by atoms with van der Waals surface area (Å²) in [5, 5.41) is 0.318. The summed E-state index contributed by atoms with van der Waals surface area (Å²) in [7, 11) is -1.34. The summed E-state index contributed by atoms with van der Waals surface area (Å²) in [6.45, 7) is 4.12. The van der Waals surface area contributed by atoms with Gasteiger partial charge in [0.25, 0.3) is 0 Å². The van der Waals surface area contributed by atoms with Gasteiger partial charge in [0.2, 0.25) is 5.91 Å². The molecule has 170 valence electrons. The second-order valence-electron chi connectivity index (χ2n) is 6.81. The number of carbonyl (C=O) groups is 1. The fourth-order valence-corrected chi connectivity index (χ4v) is 4.12. The molecule has 0 aliphatic rings. The van der Waals surface area contributed by atoms with E-state index in [0.29, 0.717) is 5.56 Å². The van der Waals surface area contributed by atoms with Crippen LogP contribution in [0.15, 0.2) is 41.3 Å². The van der Waals surface area contributed by atoms with Crippen molar-refractivity contribution in [1.82, 2.24) is 4.90 Å². The molecule has 0 aliphatic carbocycles. The van der Waals surface area contributed by atoms with Gasteiger partial charge in [-0.05, 0) is 49.2 Å². The van der Waals surface area contributed by atoms with Crippen LogP contribution in [0.5, 0.6) is 11.5 Å². The number of hydrogen-bond acceptors (Lipinski definition) is 6. The lowest BCUT2D eigenvalue weighted by atomic mass is 10.1. The molecule has 31 heavy (non-hydrogen) atoms. The Hall–Kier alpha value is -2.00. The molecular formula is C21H25Cl2NO6S. The first-order valence-corrected chi connectivity index (χ1v) is 11.6. The Balaban J connectivity index is 2.36. The van der Waals surface area contributed by atoms with Crippen molar-refractivity contribution in [1.29, 1.82) is 0 Å². The number of halogens is 2. The summed E-state index contributed by atoms with van der Waals surface area (Å²) in [6.07, 6.45) is 0.751. The number of rotatable bonds is 10. The quantitative estimate of drug-likeness (QED) is 0.455. The molecule has 0 N–H and O–H groups in total. The minimum absolute atomic E-state index is 0.00522. The van der Waals surface area contributed by atoms with E-state index in [9.17, 15) is 13.2 Å². The van der Waals surface area contributed by atoms with Crippen molar-refractivity contribution in [2.24, 2.45) is 0 Å². The Kier molecular flexibility index (Phi) is 9.00. The van der Waals surface area contributed by atoms with Crippen molar-refractivity contribution in [2.75, 3.05) is 20.8 Å². The molecule has 2 aromatic rings. The fourth-order valence-electron chi connectivity index (χ4n) is 2.80. The molecule has 0 aromatic heterocycles. The molecule has 0 saturated heterocycles. The molecular weight excluding hydrogens is 465 g/mol. The molecule has 1 amide bonds. The van der Waals surface area contributed by atoms with E-state index in [1.165, 1.54) is 38.5 Å². The predicted molar refractivity (Wildman–Crippen MR) is 119 cm³/mol. The highest BCUT2D eigenvalue weighted by molar-refractivity contribution is 7.87. The molecule has 0 radical (unpaired) electrons. The average molecular weight is 490 g/mol. The summed E-state index contributed by atoms with van der Waals surface area (Å²) in [5.74, 6) is 0.0543. The minimum atomic E-state index is -4.20. The van der Waals surface area contributed by atoms with Crippen molar-refractivity contribution in [3.63, 3.8) is 0 Å². The van der Waals surface area contributed by atoms with Gasteiger partial charge in [-0.2, -0.15) is 8.42 Å². The highest BCUT2D eigenvalue weighted by atomic mass is 35.5. The average Bonchev–Trinajstić information content (AvgIpc) is 2.73. The second-order valence-corrected chi connectivity index (χ2v) is 9.17. The SMILES string of the molecule is CCC(C)N(Cc1ccc(OC)c(OS(=O)(=O)c2ccc(Cl)c(Cl)c2)c1)C(=O)COC. The molecule has 1 unspecified atom stereocenters.